The molecule has 0 bridgehead atoms. The number of hydrogen-bond acceptors (Lipinski definition) is 6. The SMILES string of the molecule is CCOc1ccc(S(=O)(=O)NCCC(=O)OCC(=O)Nc2ccc(C)cc2Cl)cc1. The topological polar surface area (TPSA) is 111 Å². The number of benzene rings is 2. The van der Waals surface area contributed by atoms with Gasteiger partial charge in [-0.05, 0) is 55.8 Å². The van der Waals surface area contributed by atoms with Gasteiger partial charge < -0.3 is 14.8 Å². The summed E-state index contributed by atoms with van der Waals surface area (Å²) in [7, 11) is -3.78. The Morgan fingerprint density at radius 2 is 1.80 bits per heavy atom. The summed E-state index contributed by atoms with van der Waals surface area (Å²) in [6, 6.07) is 11.0. The fourth-order valence-corrected chi connectivity index (χ4v) is 3.69. The van der Waals surface area contributed by atoms with Crippen molar-refractivity contribution in [2.75, 3.05) is 25.1 Å². The molecular formula is C20H23ClN2O6S. The molecule has 8 nitrogen and oxygen atoms in total. The zero-order valence-electron chi connectivity index (χ0n) is 16.6. The van der Waals surface area contributed by atoms with Gasteiger partial charge in [0.25, 0.3) is 5.91 Å². The summed E-state index contributed by atoms with van der Waals surface area (Å²) in [6.07, 6.45) is -0.227. The molecule has 0 aliphatic heterocycles. The molecule has 0 fully saturated rings. The minimum atomic E-state index is -3.78. The Balaban J connectivity index is 1.75. The number of aryl methyl sites for hydroxylation is 1. The Kier molecular flexibility index (Phi) is 8.64. The van der Waals surface area contributed by atoms with Crippen LogP contribution in [0.2, 0.25) is 5.02 Å². The fraction of sp³-hybridized carbons (Fsp3) is 0.300. The molecule has 0 saturated carbocycles. The second-order valence-electron chi connectivity index (χ2n) is 6.24. The van der Waals surface area contributed by atoms with Crippen molar-refractivity contribution in [2.24, 2.45) is 0 Å². The highest BCUT2D eigenvalue weighted by Crippen LogP contribution is 2.22. The number of rotatable bonds is 10. The first kappa shape index (κ1) is 23.7. The van der Waals surface area contributed by atoms with Crippen molar-refractivity contribution in [1.29, 1.82) is 0 Å². The van der Waals surface area contributed by atoms with Crippen LogP contribution in [0.15, 0.2) is 47.4 Å². The van der Waals surface area contributed by atoms with Crippen molar-refractivity contribution < 1.29 is 27.5 Å². The van der Waals surface area contributed by atoms with Crippen molar-refractivity contribution in [3.63, 3.8) is 0 Å². The third-order valence-electron chi connectivity index (χ3n) is 3.83. The van der Waals surface area contributed by atoms with E-state index in [2.05, 4.69) is 10.0 Å². The number of carbonyl (C=O) groups excluding carboxylic acids is 2. The number of nitrogens with one attached hydrogen (secondary N) is 2. The third kappa shape index (κ3) is 7.33. The van der Waals surface area contributed by atoms with Crippen LogP contribution in [0.4, 0.5) is 5.69 Å². The van der Waals surface area contributed by atoms with E-state index in [0.717, 1.165) is 5.56 Å². The molecule has 0 aromatic heterocycles. The Hall–Kier alpha value is -2.62. The Labute approximate surface area is 180 Å². The van der Waals surface area contributed by atoms with Gasteiger partial charge in [-0.1, -0.05) is 17.7 Å². The molecule has 0 radical (unpaired) electrons. The maximum absolute atomic E-state index is 12.2. The van der Waals surface area contributed by atoms with Crippen LogP contribution in [-0.2, 0) is 24.3 Å². The molecular weight excluding hydrogens is 432 g/mol. The number of halogens is 1. The maximum atomic E-state index is 12.2. The van der Waals surface area contributed by atoms with E-state index in [0.29, 0.717) is 23.1 Å². The molecule has 0 atom stereocenters. The van der Waals surface area contributed by atoms with Crippen LogP contribution in [0.25, 0.3) is 0 Å². The number of anilines is 1. The lowest BCUT2D eigenvalue weighted by Crippen LogP contribution is -2.28. The molecule has 0 unspecified atom stereocenters. The summed E-state index contributed by atoms with van der Waals surface area (Å²) in [5.74, 6) is -0.705. The Morgan fingerprint density at radius 3 is 2.43 bits per heavy atom. The number of carbonyl (C=O) groups is 2. The molecule has 2 N–H and O–H groups in total. The highest BCUT2D eigenvalue weighted by molar-refractivity contribution is 7.89. The van der Waals surface area contributed by atoms with Gasteiger partial charge in [-0.2, -0.15) is 0 Å². The highest BCUT2D eigenvalue weighted by Gasteiger charge is 2.15. The highest BCUT2D eigenvalue weighted by atomic mass is 35.5. The van der Waals surface area contributed by atoms with Crippen LogP contribution in [0, 0.1) is 6.92 Å². The number of sulfonamides is 1. The summed E-state index contributed by atoms with van der Waals surface area (Å²) in [4.78, 5) is 23.7. The number of esters is 1. The van der Waals surface area contributed by atoms with Gasteiger partial charge in [0, 0.05) is 6.54 Å². The summed E-state index contributed by atoms with van der Waals surface area (Å²) in [5.41, 5.74) is 1.35. The van der Waals surface area contributed by atoms with E-state index in [1.54, 1.807) is 30.3 Å². The van der Waals surface area contributed by atoms with Crippen molar-refractivity contribution in [2.45, 2.75) is 25.2 Å². The van der Waals surface area contributed by atoms with Crippen molar-refractivity contribution in [3.05, 3.63) is 53.1 Å². The van der Waals surface area contributed by atoms with Crippen LogP contribution in [-0.4, -0.2) is 40.1 Å². The predicted molar refractivity (Wildman–Crippen MR) is 113 cm³/mol. The van der Waals surface area contributed by atoms with Gasteiger partial charge in [0.2, 0.25) is 10.0 Å². The number of amides is 1. The molecule has 0 spiro atoms. The van der Waals surface area contributed by atoms with Gasteiger partial charge in [0.1, 0.15) is 5.75 Å². The van der Waals surface area contributed by atoms with Gasteiger partial charge in [0.15, 0.2) is 6.61 Å². The lowest BCUT2D eigenvalue weighted by molar-refractivity contribution is -0.147. The van der Waals surface area contributed by atoms with Gasteiger partial charge in [0.05, 0.1) is 28.6 Å². The molecule has 0 saturated heterocycles. The monoisotopic (exact) mass is 454 g/mol. The van der Waals surface area contributed by atoms with Crippen molar-refractivity contribution in [1.82, 2.24) is 4.72 Å². The van der Waals surface area contributed by atoms with Crippen LogP contribution in [0.1, 0.15) is 18.9 Å². The van der Waals surface area contributed by atoms with Crippen LogP contribution in [0.3, 0.4) is 0 Å². The largest absolute Gasteiger partial charge is 0.494 e. The molecule has 2 aromatic carbocycles. The molecule has 10 heteroatoms. The molecule has 1 amide bonds. The maximum Gasteiger partial charge on any atom is 0.307 e. The zero-order chi connectivity index (χ0) is 22.1. The van der Waals surface area contributed by atoms with E-state index in [4.69, 9.17) is 21.1 Å². The quantitative estimate of drug-likeness (QED) is 0.534. The van der Waals surface area contributed by atoms with Crippen LogP contribution in [0.5, 0.6) is 5.75 Å². The molecule has 30 heavy (non-hydrogen) atoms. The minimum Gasteiger partial charge on any atom is -0.494 e. The lowest BCUT2D eigenvalue weighted by Gasteiger charge is -2.09. The molecule has 2 rings (SSSR count). The second-order valence-corrected chi connectivity index (χ2v) is 8.42. The first-order valence-corrected chi connectivity index (χ1v) is 11.0. The average Bonchev–Trinajstić information content (AvgIpc) is 2.69. The molecule has 0 heterocycles. The average molecular weight is 455 g/mol. The van der Waals surface area contributed by atoms with Crippen molar-refractivity contribution >= 4 is 39.2 Å². The molecule has 162 valence electrons. The molecule has 0 aliphatic carbocycles. The Bertz CT molecular complexity index is 993. The van der Waals surface area contributed by atoms with Crippen LogP contribution < -0.4 is 14.8 Å². The van der Waals surface area contributed by atoms with E-state index >= 15 is 0 Å². The molecule has 0 aliphatic rings. The summed E-state index contributed by atoms with van der Waals surface area (Å²) in [5, 5.41) is 2.91. The van der Waals surface area contributed by atoms with Gasteiger partial charge in [-0.15, -0.1) is 0 Å². The minimum absolute atomic E-state index is 0.0497. The van der Waals surface area contributed by atoms with E-state index in [1.807, 2.05) is 13.8 Å². The van der Waals surface area contributed by atoms with E-state index in [9.17, 15) is 18.0 Å². The van der Waals surface area contributed by atoms with Gasteiger partial charge in [-0.3, -0.25) is 9.59 Å². The summed E-state index contributed by atoms with van der Waals surface area (Å²) < 4.78 is 36.9. The first-order chi connectivity index (χ1) is 14.2. The zero-order valence-corrected chi connectivity index (χ0v) is 18.2. The van der Waals surface area contributed by atoms with E-state index in [-0.39, 0.29) is 17.9 Å². The second kappa shape index (κ2) is 11.0. The Morgan fingerprint density at radius 1 is 1.10 bits per heavy atom. The standard InChI is InChI=1S/C20H23ClN2O6S/c1-3-28-15-5-7-16(8-6-15)30(26,27)22-11-10-20(25)29-13-19(24)23-18-9-4-14(2)12-17(18)21/h4-9,12,22H,3,10-11,13H2,1-2H3,(H,23,24). The fourth-order valence-electron chi connectivity index (χ4n) is 2.38. The van der Waals surface area contributed by atoms with Crippen LogP contribution >= 0.6 is 11.6 Å². The molecule has 2 aromatic rings. The number of ether oxygens (including phenoxy) is 2. The summed E-state index contributed by atoms with van der Waals surface area (Å²) >= 11 is 6.03. The normalized spacial score (nSPS) is 11.0. The predicted octanol–water partition coefficient (Wildman–Crippen LogP) is 2.90. The third-order valence-corrected chi connectivity index (χ3v) is 5.62. The first-order valence-electron chi connectivity index (χ1n) is 9.15. The summed E-state index contributed by atoms with van der Waals surface area (Å²) in [6.45, 7) is 3.49. The van der Waals surface area contributed by atoms with E-state index < -0.39 is 28.5 Å². The smallest absolute Gasteiger partial charge is 0.307 e. The van der Waals surface area contributed by atoms with E-state index in [1.165, 1.54) is 12.1 Å². The number of hydrogen-bond donors (Lipinski definition) is 2. The van der Waals surface area contributed by atoms with Crippen molar-refractivity contribution in [3.8, 4) is 5.75 Å². The van der Waals surface area contributed by atoms with Gasteiger partial charge in [-0.25, -0.2) is 13.1 Å². The van der Waals surface area contributed by atoms with Gasteiger partial charge >= 0.3 is 5.97 Å². The lowest BCUT2D eigenvalue weighted by atomic mass is 10.2.